The molecular weight excluding hydrogens is 430 g/mol. The molecule has 0 bridgehead atoms. The van der Waals surface area contributed by atoms with Crippen molar-refractivity contribution in [3.8, 4) is 5.75 Å². The lowest BCUT2D eigenvalue weighted by atomic mass is 10.1. The van der Waals surface area contributed by atoms with Gasteiger partial charge in [-0.15, -0.1) is 0 Å². The molecule has 0 aliphatic rings. The maximum absolute atomic E-state index is 12.3. The molecule has 0 heterocycles. The summed E-state index contributed by atoms with van der Waals surface area (Å²) in [6.07, 6.45) is 1.28. The van der Waals surface area contributed by atoms with E-state index in [1.807, 2.05) is 26.0 Å². The Morgan fingerprint density at radius 1 is 0.938 bits per heavy atom. The molecule has 0 aromatic heterocycles. The SMILES string of the molecule is Cc1ccc(NC(=O)C(=O)N/N=C/c2ccccc2OC(=O)c2ccc(Cl)cc2)c(C)c1. The molecule has 2 amide bonds. The van der Waals surface area contributed by atoms with Crippen LogP contribution in [0.4, 0.5) is 5.69 Å². The number of para-hydroxylation sites is 1. The van der Waals surface area contributed by atoms with Crippen LogP contribution in [-0.4, -0.2) is 24.0 Å². The molecular formula is C24H20ClN3O4. The van der Waals surface area contributed by atoms with Crippen LogP contribution in [0.25, 0.3) is 0 Å². The number of esters is 1. The predicted octanol–water partition coefficient (Wildman–Crippen LogP) is 4.26. The van der Waals surface area contributed by atoms with E-state index in [1.54, 1.807) is 54.6 Å². The molecule has 8 heteroatoms. The second kappa shape index (κ2) is 10.4. The van der Waals surface area contributed by atoms with Crippen LogP contribution in [0.3, 0.4) is 0 Å². The van der Waals surface area contributed by atoms with Gasteiger partial charge in [0.2, 0.25) is 0 Å². The van der Waals surface area contributed by atoms with E-state index in [9.17, 15) is 14.4 Å². The van der Waals surface area contributed by atoms with Gasteiger partial charge in [0.25, 0.3) is 0 Å². The highest BCUT2D eigenvalue weighted by atomic mass is 35.5. The zero-order chi connectivity index (χ0) is 23.1. The first-order chi connectivity index (χ1) is 15.3. The average molecular weight is 450 g/mol. The van der Waals surface area contributed by atoms with Gasteiger partial charge in [-0.1, -0.05) is 41.4 Å². The summed E-state index contributed by atoms with van der Waals surface area (Å²) in [6, 6.07) is 18.4. The van der Waals surface area contributed by atoms with Crippen LogP contribution >= 0.6 is 11.6 Å². The van der Waals surface area contributed by atoms with Crippen molar-refractivity contribution < 1.29 is 19.1 Å². The number of halogens is 1. The number of nitrogens with zero attached hydrogens (tertiary/aromatic N) is 1. The van der Waals surface area contributed by atoms with Crippen LogP contribution in [0.1, 0.15) is 27.0 Å². The van der Waals surface area contributed by atoms with E-state index in [2.05, 4.69) is 15.8 Å². The number of nitrogens with one attached hydrogen (secondary N) is 2. The third kappa shape index (κ3) is 6.02. The lowest BCUT2D eigenvalue weighted by Crippen LogP contribution is -2.32. The molecule has 32 heavy (non-hydrogen) atoms. The fourth-order valence-corrected chi connectivity index (χ4v) is 2.90. The molecule has 3 aromatic rings. The van der Waals surface area contributed by atoms with E-state index >= 15 is 0 Å². The number of carbonyl (C=O) groups is 3. The standard InChI is InChI=1S/C24H20ClN3O4/c1-15-7-12-20(16(2)13-15)27-22(29)23(30)28-26-14-18-5-3-4-6-21(18)32-24(31)17-8-10-19(25)11-9-17/h3-14H,1-2H3,(H,27,29)(H,28,30)/b26-14+. The summed E-state index contributed by atoms with van der Waals surface area (Å²) in [5, 5.41) is 6.85. The number of benzene rings is 3. The van der Waals surface area contributed by atoms with E-state index in [4.69, 9.17) is 16.3 Å². The minimum absolute atomic E-state index is 0.241. The Bertz CT molecular complexity index is 1190. The van der Waals surface area contributed by atoms with Crippen LogP contribution in [0, 0.1) is 13.8 Å². The van der Waals surface area contributed by atoms with Crippen molar-refractivity contribution in [3.63, 3.8) is 0 Å². The van der Waals surface area contributed by atoms with Gasteiger partial charge in [0.15, 0.2) is 0 Å². The van der Waals surface area contributed by atoms with Gasteiger partial charge < -0.3 is 10.1 Å². The summed E-state index contributed by atoms with van der Waals surface area (Å²) >= 11 is 5.83. The van der Waals surface area contributed by atoms with Gasteiger partial charge in [0.1, 0.15) is 5.75 Å². The first-order valence-corrected chi connectivity index (χ1v) is 9.99. The number of hydrazone groups is 1. The maximum Gasteiger partial charge on any atom is 0.343 e. The molecule has 0 fully saturated rings. The quantitative estimate of drug-likeness (QED) is 0.200. The number of rotatable bonds is 5. The Labute approximate surface area is 190 Å². The second-order valence-electron chi connectivity index (χ2n) is 6.91. The highest BCUT2D eigenvalue weighted by molar-refractivity contribution is 6.39. The monoisotopic (exact) mass is 449 g/mol. The Hall–Kier alpha value is -3.97. The largest absolute Gasteiger partial charge is 0.422 e. The predicted molar refractivity (Wildman–Crippen MR) is 123 cm³/mol. The normalized spacial score (nSPS) is 10.6. The van der Waals surface area contributed by atoms with Crippen LogP contribution in [0.5, 0.6) is 5.75 Å². The van der Waals surface area contributed by atoms with Crippen molar-refractivity contribution in [1.82, 2.24) is 5.43 Å². The first-order valence-electron chi connectivity index (χ1n) is 9.62. The molecule has 3 aromatic carbocycles. The van der Waals surface area contributed by atoms with Crippen molar-refractivity contribution in [1.29, 1.82) is 0 Å². The average Bonchev–Trinajstić information content (AvgIpc) is 2.77. The minimum Gasteiger partial charge on any atom is -0.422 e. The van der Waals surface area contributed by atoms with Crippen LogP contribution in [0.15, 0.2) is 71.8 Å². The summed E-state index contributed by atoms with van der Waals surface area (Å²) in [4.78, 5) is 36.5. The number of amides is 2. The van der Waals surface area contributed by atoms with Gasteiger partial charge in [-0.2, -0.15) is 5.10 Å². The van der Waals surface area contributed by atoms with Gasteiger partial charge in [-0.25, -0.2) is 10.2 Å². The van der Waals surface area contributed by atoms with E-state index < -0.39 is 17.8 Å². The number of aryl methyl sites for hydroxylation is 2. The first kappa shape index (κ1) is 22.7. The molecule has 7 nitrogen and oxygen atoms in total. The third-order valence-electron chi connectivity index (χ3n) is 4.41. The zero-order valence-electron chi connectivity index (χ0n) is 17.4. The number of carbonyl (C=O) groups excluding carboxylic acids is 3. The summed E-state index contributed by atoms with van der Waals surface area (Å²) in [6.45, 7) is 3.77. The smallest absolute Gasteiger partial charge is 0.343 e. The number of anilines is 1. The molecule has 162 valence electrons. The molecule has 0 radical (unpaired) electrons. The van der Waals surface area contributed by atoms with Crippen molar-refractivity contribution in [3.05, 3.63) is 94.0 Å². The Kier molecular flexibility index (Phi) is 7.36. The van der Waals surface area contributed by atoms with E-state index in [-0.39, 0.29) is 5.75 Å². The molecule has 0 saturated carbocycles. The highest BCUT2D eigenvalue weighted by Crippen LogP contribution is 2.19. The van der Waals surface area contributed by atoms with E-state index in [1.165, 1.54) is 6.21 Å². The summed E-state index contributed by atoms with van der Waals surface area (Å²) < 4.78 is 5.41. The van der Waals surface area contributed by atoms with Gasteiger partial charge in [0, 0.05) is 16.3 Å². The molecule has 0 atom stereocenters. The Balaban J connectivity index is 1.62. The van der Waals surface area contributed by atoms with Crippen molar-refractivity contribution in [2.45, 2.75) is 13.8 Å². The lowest BCUT2D eigenvalue weighted by molar-refractivity contribution is -0.136. The van der Waals surface area contributed by atoms with E-state index in [0.29, 0.717) is 21.8 Å². The van der Waals surface area contributed by atoms with E-state index in [0.717, 1.165) is 11.1 Å². The van der Waals surface area contributed by atoms with Crippen LogP contribution in [0.2, 0.25) is 5.02 Å². The second-order valence-corrected chi connectivity index (χ2v) is 7.34. The molecule has 0 saturated heterocycles. The van der Waals surface area contributed by atoms with Gasteiger partial charge in [0.05, 0.1) is 11.8 Å². The van der Waals surface area contributed by atoms with Crippen LogP contribution in [-0.2, 0) is 9.59 Å². The minimum atomic E-state index is -0.933. The summed E-state index contributed by atoms with van der Waals surface area (Å²) in [5.74, 6) is -2.11. The highest BCUT2D eigenvalue weighted by Gasteiger charge is 2.14. The maximum atomic E-state index is 12.3. The molecule has 3 rings (SSSR count). The summed E-state index contributed by atoms with van der Waals surface area (Å²) in [7, 11) is 0. The van der Waals surface area contributed by atoms with Crippen molar-refractivity contribution >= 4 is 41.3 Å². The number of hydrogen-bond acceptors (Lipinski definition) is 5. The lowest BCUT2D eigenvalue weighted by Gasteiger charge is -2.08. The topological polar surface area (TPSA) is 96.9 Å². The molecule has 0 aliphatic carbocycles. The molecule has 0 unspecified atom stereocenters. The fraction of sp³-hybridized carbons (Fsp3) is 0.0833. The third-order valence-corrected chi connectivity index (χ3v) is 4.66. The zero-order valence-corrected chi connectivity index (χ0v) is 18.1. The van der Waals surface area contributed by atoms with Gasteiger partial charge >= 0.3 is 17.8 Å². The molecule has 0 spiro atoms. The number of ether oxygens (including phenoxy) is 1. The van der Waals surface area contributed by atoms with Gasteiger partial charge in [-0.3, -0.25) is 9.59 Å². The Morgan fingerprint density at radius 3 is 2.38 bits per heavy atom. The fourth-order valence-electron chi connectivity index (χ4n) is 2.77. The molecule has 2 N–H and O–H groups in total. The van der Waals surface area contributed by atoms with Crippen molar-refractivity contribution in [2.75, 3.05) is 5.32 Å². The van der Waals surface area contributed by atoms with Crippen LogP contribution < -0.4 is 15.5 Å². The Morgan fingerprint density at radius 2 is 1.66 bits per heavy atom. The molecule has 0 aliphatic heterocycles. The van der Waals surface area contributed by atoms with Crippen molar-refractivity contribution in [2.24, 2.45) is 5.10 Å². The number of hydrogen-bond donors (Lipinski definition) is 2. The summed E-state index contributed by atoms with van der Waals surface area (Å²) in [5.41, 5.74) is 5.36. The van der Waals surface area contributed by atoms with Gasteiger partial charge in [-0.05, 0) is 61.9 Å².